The maximum atomic E-state index is 12.3. The summed E-state index contributed by atoms with van der Waals surface area (Å²) in [6.07, 6.45) is 2.26. The van der Waals surface area contributed by atoms with Gasteiger partial charge in [-0.25, -0.2) is 0 Å². The Labute approximate surface area is 113 Å². The van der Waals surface area contributed by atoms with Gasteiger partial charge in [0.2, 0.25) is 0 Å². The van der Waals surface area contributed by atoms with Gasteiger partial charge in [-0.15, -0.1) is 0 Å². The third-order valence-electron chi connectivity index (χ3n) is 3.31. The molecule has 1 atom stereocenters. The Morgan fingerprint density at radius 2 is 1.95 bits per heavy atom. The lowest BCUT2D eigenvalue weighted by atomic mass is 9.99. The van der Waals surface area contributed by atoms with Gasteiger partial charge >= 0.3 is 5.97 Å². The van der Waals surface area contributed by atoms with Gasteiger partial charge in [0, 0.05) is 25.6 Å². The number of carbonyl (C=O) groups is 2. The summed E-state index contributed by atoms with van der Waals surface area (Å²) in [4.78, 5) is 25.0. The van der Waals surface area contributed by atoms with Crippen molar-refractivity contribution >= 4 is 11.9 Å². The molecular weight excluding hydrogens is 242 g/mol. The predicted octanol–water partition coefficient (Wildman–Crippen LogP) is 2.48. The van der Waals surface area contributed by atoms with Crippen molar-refractivity contribution in [2.45, 2.75) is 26.7 Å². The van der Waals surface area contributed by atoms with E-state index in [9.17, 15) is 9.59 Å². The number of benzene rings is 1. The maximum absolute atomic E-state index is 12.3. The van der Waals surface area contributed by atoms with E-state index in [0.29, 0.717) is 17.2 Å². The number of nitrogens with zero attached hydrogens (tertiary/aromatic N) is 1. The Balaban J connectivity index is 2.04. The molecule has 0 saturated carbocycles. The van der Waals surface area contributed by atoms with Crippen LogP contribution >= 0.6 is 0 Å². The van der Waals surface area contributed by atoms with Crippen molar-refractivity contribution in [3.05, 3.63) is 29.8 Å². The van der Waals surface area contributed by atoms with E-state index in [0.717, 1.165) is 19.5 Å². The van der Waals surface area contributed by atoms with Gasteiger partial charge in [0.15, 0.2) is 0 Å². The van der Waals surface area contributed by atoms with Gasteiger partial charge in [0.25, 0.3) is 5.91 Å². The molecule has 4 nitrogen and oxygen atoms in total. The standard InChI is InChI=1S/C15H19NO3/c1-11-4-3-9-16(10-11)15(18)13-5-7-14(8-6-13)19-12(2)17/h5-8,11H,3-4,9-10H2,1-2H3. The fraction of sp³-hybridized carbons (Fsp3) is 0.467. The Morgan fingerprint density at radius 1 is 1.26 bits per heavy atom. The topological polar surface area (TPSA) is 46.6 Å². The quantitative estimate of drug-likeness (QED) is 0.607. The molecule has 102 valence electrons. The molecule has 1 aliphatic heterocycles. The zero-order chi connectivity index (χ0) is 13.8. The van der Waals surface area contributed by atoms with Crippen molar-refractivity contribution in [1.82, 2.24) is 4.90 Å². The highest BCUT2D eigenvalue weighted by atomic mass is 16.5. The van der Waals surface area contributed by atoms with Crippen molar-refractivity contribution in [3.8, 4) is 5.75 Å². The zero-order valence-corrected chi connectivity index (χ0v) is 11.4. The summed E-state index contributed by atoms with van der Waals surface area (Å²) in [5, 5.41) is 0. The molecule has 1 fully saturated rings. The average molecular weight is 261 g/mol. The third kappa shape index (κ3) is 3.56. The van der Waals surface area contributed by atoms with Gasteiger partial charge in [0.05, 0.1) is 0 Å². The lowest BCUT2D eigenvalue weighted by molar-refractivity contribution is -0.131. The lowest BCUT2D eigenvalue weighted by Gasteiger charge is -2.31. The molecule has 0 aliphatic carbocycles. The highest BCUT2D eigenvalue weighted by Crippen LogP contribution is 2.19. The summed E-state index contributed by atoms with van der Waals surface area (Å²) in [7, 11) is 0. The van der Waals surface area contributed by atoms with Crippen molar-refractivity contribution in [2.24, 2.45) is 5.92 Å². The average Bonchev–Trinajstić information content (AvgIpc) is 2.38. The molecule has 1 aromatic carbocycles. The van der Waals surface area contributed by atoms with E-state index in [4.69, 9.17) is 4.74 Å². The van der Waals surface area contributed by atoms with E-state index < -0.39 is 0 Å². The molecule has 4 heteroatoms. The van der Waals surface area contributed by atoms with E-state index >= 15 is 0 Å². The monoisotopic (exact) mass is 261 g/mol. The first kappa shape index (κ1) is 13.6. The van der Waals surface area contributed by atoms with Crippen LogP contribution in [0.15, 0.2) is 24.3 Å². The summed E-state index contributed by atoms with van der Waals surface area (Å²) in [6, 6.07) is 6.73. The molecular formula is C15H19NO3. The van der Waals surface area contributed by atoms with Gasteiger partial charge in [-0.2, -0.15) is 0 Å². The van der Waals surface area contributed by atoms with E-state index in [1.807, 2.05) is 4.90 Å². The number of hydrogen-bond acceptors (Lipinski definition) is 3. The van der Waals surface area contributed by atoms with Crippen LogP contribution in [-0.4, -0.2) is 29.9 Å². The summed E-state index contributed by atoms with van der Waals surface area (Å²) in [6.45, 7) is 5.18. The largest absolute Gasteiger partial charge is 0.427 e. The number of hydrogen-bond donors (Lipinski definition) is 0. The second-order valence-corrected chi connectivity index (χ2v) is 5.12. The fourth-order valence-corrected chi connectivity index (χ4v) is 2.39. The first-order valence-electron chi connectivity index (χ1n) is 6.64. The van der Waals surface area contributed by atoms with Crippen LogP contribution in [0.25, 0.3) is 0 Å². The molecule has 1 unspecified atom stereocenters. The van der Waals surface area contributed by atoms with Crippen LogP contribution < -0.4 is 4.74 Å². The van der Waals surface area contributed by atoms with E-state index in [-0.39, 0.29) is 11.9 Å². The minimum absolute atomic E-state index is 0.0564. The summed E-state index contributed by atoms with van der Waals surface area (Å²) in [5.41, 5.74) is 0.644. The van der Waals surface area contributed by atoms with E-state index in [2.05, 4.69) is 6.92 Å². The Kier molecular flexibility index (Phi) is 4.20. The molecule has 0 radical (unpaired) electrons. The smallest absolute Gasteiger partial charge is 0.308 e. The van der Waals surface area contributed by atoms with Gasteiger partial charge in [-0.05, 0) is 43.0 Å². The van der Waals surface area contributed by atoms with Crippen LogP contribution in [0.5, 0.6) is 5.75 Å². The molecule has 2 rings (SSSR count). The lowest BCUT2D eigenvalue weighted by Crippen LogP contribution is -2.39. The van der Waals surface area contributed by atoms with Crippen molar-refractivity contribution in [2.75, 3.05) is 13.1 Å². The first-order valence-corrected chi connectivity index (χ1v) is 6.64. The maximum Gasteiger partial charge on any atom is 0.308 e. The Morgan fingerprint density at radius 3 is 2.53 bits per heavy atom. The molecule has 1 heterocycles. The molecule has 19 heavy (non-hydrogen) atoms. The van der Waals surface area contributed by atoms with E-state index in [1.54, 1.807) is 24.3 Å². The van der Waals surface area contributed by atoms with Crippen LogP contribution in [0.3, 0.4) is 0 Å². The van der Waals surface area contributed by atoms with Crippen LogP contribution in [0.2, 0.25) is 0 Å². The molecule has 1 aromatic rings. The van der Waals surface area contributed by atoms with Crippen molar-refractivity contribution in [3.63, 3.8) is 0 Å². The number of likely N-dealkylation sites (tertiary alicyclic amines) is 1. The molecule has 1 saturated heterocycles. The molecule has 0 aromatic heterocycles. The fourth-order valence-electron chi connectivity index (χ4n) is 2.39. The second kappa shape index (κ2) is 5.87. The van der Waals surface area contributed by atoms with Crippen LogP contribution in [0.4, 0.5) is 0 Å². The number of esters is 1. The Hall–Kier alpha value is -1.84. The molecule has 0 N–H and O–H groups in total. The predicted molar refractivity (Wildman–Crippen MR) is 72.1 cm³/mol. The number of ether oxygens (including phenoxy) is 1. The summed E-state index contributed by atoms with van der Waals surface area (Å²) >= 11 is 0. The van der Waals surface area contributed by atoms with Gasteiger partial charge < -0.3 is 9.64 Å². The van der Waals surface area contributed by atoms with Gasteiger partial charge in [-0.3, -0.25) is 9.59 Å². The summed E-state index contributed by atoms with van der Waals surface area (Å²) < 4.78 is 4.95. The number of rotatable bonds is 2. The van der Waals surface area contributed by atoms with Gasteiger partial charge in [-0.1, -0.05) is 6.92 Å². The van der Waals surface area contributed by atoms with E-state index in [1.165, 1.54) is 13.3 Å². The first-order chi connectivity index (χ1) is 9.06. The normalized spacial score (nSPS) is 19.1. The SMILES string of the molecule is CC(=O)Oc1ccc(C(=O)N2CCCC(C)C2)cc1. The summed E-state index contributed by atoms with van der Waals surface area (Å²) in [5.74, 6) is 0.735. The van der Waals surface area contributed by atoms with Crippen molar-refractivity contribution in [1.29, 1.82) is 0 Å². The third-order valence-corrected chi connectivity index (χ3v) is 3.31. The molecule has 1 aliphatic rings. The molecule has 0 bridgehead atoms. The number of carbonyl (C=O) groups excluding carboxylic acids is 2. The second-order valence-electron chi connectivity index (χ2n) is 5.12. The highest BCUT2D eigenvalue weighted by Gasteiger charge is 2.21. The molecule has 1 amide bonds. The van der Waals surface area contributed by atoms with Crippen LogP contribution in [0, 0.1) is 5.92 Å². The van der Waals surface area contributed by atoms with Crippen molar-refractivity contribution < 1.29 is 14.3 Å². The zero-order valence-electron chi connectivity index (χ0n) is 11.4. The van der Waals surface area contributed by atoms with Crippen LogP contribution in [0.1, 0.15) is 37.0 Å². The minimum Gasteiger partial charge on any atom is -0.427 e. The number of amides is 1. The Bertz CT molecular complexity index is 467. The van der Waals surface area contributed by atoms with Crippen LogP contribution in [-0.2, 0) is 4.79 Å². The molecule has 0 spiro atoms. The van der Waals surface area contributed by atoms with Gasteiger partial charge in [0.1, 0.15) is 5.75 Å². The minimum atomic E-state index is -0.357. The highest BCUT2D eigenvalue weighted by molar-refractivity contribution is 5.94. The number of piperidine rings is 1.